The molecule has 1 amide bonds. The van der Waals surface area contributed by atoms with E-state index in [4.69, 9.17) is 9.84 Å². The van der Waals surface area contributed by atoms with Gasteiger partial charge in [0.15, 0.2) is 0 Å². The fourth-order valence-corrected chi connectivity index (χ4v) is 3.61. The molecule has 0 bridgehead atoms. The fourth-order valence-electron chi connectivity index (χ4n) is 3.23. The van der Waals surface area contributed by atoms with Crippen LogP contribution in [0.1, 0.15) is 12.8 Å². The summed E-state index contributed by atoms with van der Waals surface area (Å²) in [5.41, 5.74) is 0. The number of carbonyl (C=O) groups is 1. The molecule has 1 aromatic rings. The van der Waals surface area contributed by atoms with E-state index in [-0.39, 0.29) is 6.10 Å². The van der Waals surface area contributed by atoms with Crippen LogP contribution < -0.4 is 4.74 Å². The van der Waals surface area contributed by atoms with Gasteiger partial charge in [0.25, 0.3) is 0 Å². The molecular formula is C14H16BrNO3. The Kier molecular flexibility index (Phi) is 3.39. The first kappa shape index (κ1) is 12.8. The van der Waals surface area contributed by atoms with Gasteiger partial charge in [-0.15, -0.1) is 0 Å². The van der Waals surface area contributed by atoms with Gasteiger partial charge in [0.1, 0.15) is 5.75 Å². The lowest BCUT2D eigenvalue weighted by molar-refractivity contribution is 0.144. The molecular weight excluding hydrogens is 310 g/mol. The van der Waals surface area contributed by atoms with E-state index in [9.17, 15) is 4.79 Å². The minimum Gasteiger partial charge on any atom is -0.490 e. The van der Waals surface area contributed by atoms with Gasteiger partial charge in [0.05, 0.1) is 6.10 Å². The quantitative estimate of drug-likeness (QED) is 0.908. The number of fused-ring (bicyclic) bond motifs is 1. The Balaban J connectivity index is 1.59. The molecule has 1 saturated heterocycles. The van der Waals surface area contributed by atoms with E-state index >= 15 is 0 Å². The number of benzene rings is 1. The first-order chi connectivity index (χ1) is 9.11. The van der Waals surface area contributed by atoms with Crippen LogP contribution in [0.25, 0.3) is 0 Å². The monoisotopic (exact) mass is 325 g/mol. The molecule has 1 aliphatic carbocycles. The van der Waals surface area contributed by atoms with Crippen molar-refractivity contribution in [3.8, 4) is 5.75 Å². The van der Waals surface area contributed by atoms with Crippen molar-refractivity contribution in [2.45, 2.75) is 18.9 Å². The maximum atomic E-state index is 10.9. The molecule has 1 unspecified atom stereocenters. The second-order valence-electron chi connectivity index (χ2n) is 5.38. The predicted octanol–water partition coefficient (Wildman–Crippen LogP) is 3.22. The molecule has 19 heavy (non-hydrogen) atoms. The third-order valence-corrected chi connectivity index (χ3v) is 4.57. The summed E-state index contributed by atoms with van der Waals surface area (Å²) in [5.74, 6) is 1.82. The molecule has 0 spiro atoms. The summed E-state index contributed by atoms with van der Waals surface area (Å²) < 4.78 is 7.01. The normalized spacial score (nSPS) is 29.3. The van der Waals surface area contributed by atoms with Gasteiger partial charge in [0, 0.05) is 17.6 Å². The lowest BCUT2D eigenvalue weighted by atomic mass is 10.0. The summed E-state index contributed by atoms with van der Waals surface area (Å²) in [6, 6.07) is 7.86. The molecule has 4 nitrogen and oxygen atoms in total. The molecule has 1 saturated carbocycles. The average Bonchev–Trinajstić information content (AvgIpc) is 2.86. The Bertz CT molecular complexity index is 479. The zero-order chi connectivity index (χ0) is 13.4. The van der Waals surface area contributed by atoms with Crippen molar-refractivity contribution in [1.82, 2.24) is 4.90 Å². The van der Waals surface area contributed by atoms with Crippen molar-refractivity contribution in [1.29, 1.82) is 0 Å². The molecule has 2 fully saturated rings. The number of hydrogen-bond donors (Lipinski definition) is 1. The minimum atomic E-state index is -0.793. The number of amides is 1. The van der Waals surface area contributed by atoms with Gasteiger partial charge in [-0.05, 0) is 42.9 Å². The molecule has 0 aromatic heterocycles. The highest BCUT2D eigenvalue weighted by atomic mass is 79.9. The van der Waals surface area contributed by atoms with Crippen LogP contribution in [0.5, 0.6) is 5.75 Å². The van der Waals surface area contributed by atoms with Crippen LogP contribution in [0.3, 0.4) is 0 Å². The lowest BCUT2D eigenvalue weighted by Gasteiger charge is -2.17. The number of carboxylic acid groups (broad SMARTS) is 1. The standard InChI is InChI=1S/C14H16BrNO3/c15-11-2-1-3-12(6-11)19-13-4-9-7-16(14(17)18)8-10(9)5-13/h1-3,6,9-10,13H,4-5,7-8H2,(H,17,18)/t9-,10+,13?. The van der Waals surface area contributed by atoms with Crippen molar-refractivity contribution >= 4 is 22.0 Å². The summed E-state index contributed by atoms with van der Waals surface area (Å²) >= 11 is 3.43. The van der Waals surface area contributed by atoms with Crippen LogP contribution >= 0.6 is 15.9 Å². The van der Waals surface area contributed by atoms with Gasteiger partial charge in [-0.25, -0.2) is 4.79 Å². The molecule has 1 aromatic carbocycles. The van der Waals surface area contributed by atoms with Crippen LogP contribution in [0, 0.1) is 11.8 Å². The smallest absolute Gasteiger partial charge is 0.407 e. The van der Waals surface area contributed by atoms with Crippen molar-refractivity contribution < 1.29 is 14.6 Å². The summed E-state index contributed by atoms with van der Waals surface area (Å²) in [7, 11) is 0. The fraction of sp³-hybridized carbons (Fsp3) is 0.500. The second kappa shape index (κ2) is 5.04. The highest BCUT2D eigenvalue weighted by molar-refractivity contribution is 9.10. The number of rotatable bonds is 2. The van der Waals surface area contributed by atoms with Gasteiger partial charge in [-0.3, -0.25) is 0 Å². The summed E-state index contributed by atoms with van der Waals surface area (Å²) in [4.78, 5) is 12.5. The van der Waals surface area contributed by atoms with Crippen LogP contribution in [0.4, 0.5) is 4.79 Å². The van der Waals surface area contributed by atoms with Crippen LogP contribution in [-0.4, -0.2) is 35.3 Å². The van der Waals surface area contributed by atoms with Crippen molar-refractivity contribution in [2.75, 3.05) is 13.1 Å². The average molecular weight is 326 g/mol. The van der Waals surface area contributed by atoms with Crippen molar-refractivity contribution in [3.63, 3.8) is 0 Å². The van der Waals surface area contributed by atoms with E-state index in [0.717, 1.165) is 23.1 Å². The maximum Gasteiger partial charge on any atom is 0.407 e. The lowest BCUT2D eigenvalue weighted by Crippen LogP contribution is -2.29. The van der Waals surface area contributed by atoms with Gasteiger partial charge < -0.3 is 14.7 Å². The first-order valence-electron chi connectivity index (χ1n) is 6.52. The molecule has 1 N–H and O–H groups in total. The van der Waals surface area contributed by atoms with Gasteiger partial charge >= 0.3 is 6.09 Å². The Morgan fingerprint density at radius 1 is 1.32 bits per heavy atom. The molecule has 102 valence electrons. The first-order valence-corrected chi connectivity index (χ1v) is 7.31. The number of nitrogens with zero attached hydrogens (tertiary/aromatic N) is 1. The molecule has 5 heteroatoms. The van der Waals surface area contributed by atoms with E-state index in [1.807, 2.05) is 24.3 Å². The van der Waals surface area contributed by atoms with Gasteiger partial charge in [0.2, 0.25) is 0 Å². The van der Waals surface area contributed by atoms with Crippen molar-refractivity contribution in [2.24, 2.45) is 11.8 Å². The minimum absolute atomic E-state index is 0.222. The van der Waals surface area contributed by atoms with Gasteiger partial charge in [-0.2, -0.15) is 0 Å². The summed E-state index contributed by atoms with van der Waals surface area (Å²) in [6.07, 6.45) is 1.35. The Labute approximate surface area is 120 Å². The van der Waals surface area contributed by atoms with Crippen LogP contribution in [-0.2, 0) is 0 Å². The topological polar surface area (TPSA) is 49.8 Å². The zero-order valence-electron chi connectivity index (χ0n) is 10.5. The number of ether oxygens (including phenoxy) is 1. The molecule has 2 aliphatic rings. The van der Waals surface area contributed by atoms with E-state index in [2.05, 4.69) is 15.9 Å². The SMILES string of the molecule is O=C(O)N1C[C@H]2CC(Oc3cccc(Br)c3)C[C@H]2C1. The maximum absolute atomic E-state index is 10.9. The molecule has 3 rings (SSSR count). The second-order valence-corrected chi connectivity index (χ2v) is 6.29. The molecule has 1 heterocycles. The molecule has 0 radical (unpaired) electrons. The molecule has 3 atom stereocenters. The Morgan fingerprint density at radius 3 is 2.58 bits per heavy atom. The highest BCUT2D eigenvalue weighted by Gasteiger charge is 2.43. The Hall–Kier alpha value is -1.23. The number of halogens is 1. The van der Waals surface area contributed by atoms with E-state index in [1.54, 1.807) is 0 Å². The van der Waals surface area contributed by atoms with E-state index < -0.39 is 6.09 Å². The Morgan fingerprint density at radius 2 is 2.00 bits per heavy atom. The molecule has 1 aliphatic heterocycles. The summed E-state index contributed by atoms with van der Waals surface area (Å²) in [5, 5.41) is 8.99. The number of likely N-dealkylation sites (tertiary alicyclic amines) is 1. The summed E-state index contributed by atoms with van der Waals surface area (Å²) in [6.45, 7) is 1.33. The number of hydrogen-bond acceptors (Lipinski definition) is 2. The zero-order valence-corrected chi connectivity index (χ0v) is 12.0. The van der Waals surface area contributed by atoms with E-state index in [1.165, 1.54) is 4.90 Å². The third kappa shape index (κ3) is 2.71. The third-order valence-electron chi connectivity index (χ3n) is 4.08. The van der Waals surface area contributed by atoms with Crippen molar-refractivity contribution in [3.05, 3.63) is 28.7 Å². The van der Waals surface area contributed by atoms with Crippen LogP contribution in [0.2, 0.25) is 0 Å². The predicted molar refractivity (Wildman–Crippen MR) is 74.4 cm³/mol. The van der Waals surface area contributed by atoms with Crippen LogP contribution in [0.15, 0.2) is 28.7 Å². The highest BCUT2D eigenvalue weighted by Crippen LogP contribution is 2.39. The van der Waals surface area contributed by atoms with Gasteiger partial charge in [-0.1, -0.05) is 22.0 Å². The largest absolute Gasteiger partial charge is 0.490 e. The van der Waals surface area contributed by atoms with E-state index in [0.29, 0.717) is 24.9 Å².